The predicted octanol–water partition coefficient (Wildman–Crippen LogP) is 2.42. The van der Waals surface area contributed by atoms with Crippen LogP contribution in [0.3, 0.4) is 0 Å². The molecule has 0 saturated carbocycles. The molecule has 1 aliphatic rings. The van der Waals surface area contributed by atoms with E-state index in [1.807, 2.05) is 19.2 Å². The second-order valence-corrected chi connectivity index (χ2v) is 5.68. The van der Waals surface area contributed by atoms with E-state index < -0.39 is 0 Å². The molecule has 2 aromatic rings. The first kappa shape index (κ1) is 13.7. The number of aromatic nitrogens is 2. The minimum Gasteiger partial charge on any atom is -0.481 e. The number of fused-ring (bicyclic) bond motifs is 1. The van der Waals surface area contributed by atoms with Crippen LogP contribution in [0.15, 0.2) is 44.7 Å². The molecule has 1 aliphatic heterocycles. The topological polar surface area (TPSA) is 50.3 Å². The largest absolute Gasteiger partial charge is 0.481 e. The first-order chi connectivity index (χ1) is 10.1. The van der Waals surface area contributed by atoms with Gasteiger partial charge in [0.05, 0.1) is 12.8 Å². The molecule has 0 unspecified atom stereocenters. The van der Waals surface area contributed by atoms with E-state index in [4.69, 9.17) is 4.74 Å². The molecule has 0 bridgehead atoms. The number of nitrogens with one attached hydrogen (secondary N) is 1. The maximum Gasteiger partial charge on any atom is 0.278 e. The Hall–Kier alpha value is -2.30. The number of benzene rings is 1. The Labute approximate surface area is 126 Å². The van der Waals surface area contributed by atoms with Crippen LogP contribution < -0.4 is 15.2 Å². The van der Waals surface area contributed by atoms with Crippen molar-refractivity contribution in [3.8, 4) is 5.88 Å². The minimum absolute atomic E-state index is 0.136. The third kappa shape index (κ3) is 2.28. The van der Waals surface area contributed by atoms with Crippen LogP contribution in [0.4, 0.5) is 5.69 Å². The monoisotopic (exact) mass is 301 g/mol. The Balaban J connectivity index is 2.03. The van der Waals surface area contributed by atoms with E-state index >= 15 is 0 Å². The minimum atomic E-state index is -0.136. The van der Waals surface area contributed by atoms with Crippen molar-refractivity contribution in [2.24, 2.45) is 7.05 Å². The first-order valence-electron chi connectivity index (χ1n) is 6.42. The number of hydrogen-bond donors (Lipinski definition) is 1. The number of aryl methyl sites for hydroxylation is 1. The van der Waals surface area contributed by atoms with Crippen LogP contribution in [-0.4, -0.2) is 23.9 Å². The van der Waals surface area contributed by atoms with Crippen LogP contribution in [0.2, 0.25) is 0 Å². The number of hydrogen-bond acceptors (Lipinski definition) is 4. The number of nitrogens with zero attached hydrogens (tertiary/aromatic N) is 2. The van der Waals surface area contributed by atoms with Crippen molar-refractivity contribution in [2.45, 2.75) is 4.90 Å². The van der Waals surface area contributed by atoms with Gasteiger partial charge in [-0.15, -0.1) is 0 Å². The number of thioether (sulfide) groups is 1. The Morgan fingerprint density at radius 2 is 2.10 bits per heavy atom. The summed E-state index contributed by atoms with van der Waals surface area (Å²) in [6, 6.07) is 8.15. The molecule has 6 heteroatoms. The van der Waals surface area contributed by atoms with Gasteiger partial charge in [-0.3, -0.25) is 14.6 Å². The standard InChI is InChI=1S/C15H15N3O2S/c1-17-11-6-4-5-7-12(11)21-13(17)9-8-10-14(20-3)16-18(2)15(10)19/h4-8,16H,1-3H3. The summed E-state index contributed by atoms with van der Waals surface area (Å²) in [5, 5.41) is 3.79. The van der Waals surface area contributed by atoms with Crippen LogP contribution in [0.5, 0.6) is 5.88 Å². The van der Waals surface area contributed by atoms with E-state index in [1.54, 1.807) is 24.9 Å². The average Bonchev–Trinajstić information content (AvgIpc) is 2.96. The van der Waals surface area contributed by atoms with Gasteiger partial charge in [0.1, 0.15) is 10.6 Å². The molecule has 0 atom stereocenters. The van der Waals surface area contributed by atoms with E-state index in [0.29, 0.717) is 11.4 Å². The normalized spacial score (nSPS) is 13.1. The zero-order chi connectivity index (χ0) is 15.0. The number of aromatic amines is 1. The number of para-hydroxylation sites is 1. The highest BCUT2D eigenvalue weighted by molar-refractivity contribution is 8.03. The van der Waals surface area contributed by atoms with Crippen molar-refractivity contribution < 1.29 is 4.74 Å². The lowest BCUT2D eigenvalue weighted by Gasteiger charge is -2.10. The van der Waals surface area contributed by atoms with Gasteiger partial charge in [0.25, 0.3) is 5.56 Å². The molecule has 0 fully saturated rings. The Kier molecular flexibility index (Phi) is 3.41. The van der Waals surface area contributed by atoms with E-state index in [0.717, 1.165) is 10.7 Å². The fourth-order valence-electron chi connectivity index (χ4n) is 2.19. The van der Waals surface area contributed by atoms with Gasteiger partial charge in [0.15, 0.2) is 0 Å². The van der Waals surface area contributed by atoms with E-state index in [1.165, 1.54) is 16.7 Å². The maximum atomic E-state index is 12.0. The Morgan fingerprint density at radius 3 is 2.81 bits per heavy atom. The molecule has 1 aromatic carbocycles. The van der Waals surface area contributed by atoms with E-state index in [9.17, 15) is 4.79 Å². The van der Waals surface area contributed by atoms with E-state index in [2.05, 4.69) is 27.9 Å². The second-order valence-electron chi connectivity index (χ2n) is 4.65. The quantitative estimate of drug-likeness (QED) is 0.866. The van der Waals surface area contributed by atoms with Gasteiger partial charge in [0.2, 0.25) is 5.88 Å². The Morgan fingerprint density at radius 1 is 1.33 bits per heavy atom. The third-order valence-corrected chi connectivity index (χ3v) is 4.48. The van der Waals surface area contributed by atoms with Gasteiger partial charge < -0.3 is 9.64 Å². The number of methoxy groups -OCH3 is 1. The average molecular weight is 301 g/mol. The van der Waals surface area contributed by atoms with Crippen LogP contribution in [-0.2, 0) is 7.05 Å². The van der Waals surface area contributed by atoms with E-state index in [-0.39, 0.29) is 5.56 Å². The summed E-state index contributed by atoms with van der Waals surface area (Å²) in [6.45, 7) is 0. The fourth-order valence-corrected chi connectivity index (χ4v) is 3.20. The SMILES string of the molecule is COc1[nH]n(C)c(=O)c1C=C=C1Sc2ccccc2N1C. The highest BCUT2D eigenvalue weighted by Crippen LogP contribution is 2.44. The van der Waals surface area contributed by atoms with Gasteiger partial charge in [-0.25, -0.2) is 0 Å². The van der Waals surface area contributed by atoms with Gasteiger partial charge in [0, 0.05) is 25.1 Å². The predicted molar refractivity (Wildman–Crippen MR) is 84.8 cm³/mol. The van der Waals surface area contributed by atoms with Crippen molar-refractivity contribution in [3.63, 3.8) is 0 Å². The zero-order valence-electron chi connectivity index (χ0n) is 12.0. The molecule has 3 rings (SSSR count). The fraction of sp³-hybridized carbons (Fsp3) is 0.200. The van der Waals surface area contributed by atoms with Gasteiger partial charge in [-0.1, -0.05) is 29.6 Å². The molecular weight excluding hydrogens is 286 g/mol. The molecule has 2 heterocycles. The van der Waals surface area contributed by atoms with Crippen LogP contribution in [0, 0.1) is 0 Å². The van der Waals surface area contributed by atoms with Gasteiger partial charge in [-0.2, -0.15) is 0 Å². The lowest BCUT2D eigenvalue weighted by molar-refractivity contribution is 0.391. The molecule has 108 valence electrons. The molecular formula is C15H15N3O2S. The van der Waals surface area contributed by atoms with Crippen LogP contribution in [0.1, 0.15) is 5.56 Å². The second kappa shape index (κ2) is 5.24. The van der Waals surface area contributed by atoms with Crippen molar-refractivity contribution in [1.82, 2.24) is 9.78 Å². The smallest absolute Gasteiger partial charge is 0.278 e. The zero-order valence-corrected chi connectivity index (χ0v) is 12.8. The van der Waals surface area contributed by atoms with Crippen LogP contribution in [0.25, 0.3) is 6.08 Å². The number of rotatable bonds is 2. The summed E-state index contributed by atoms with van der Waals surface area (Å²) in [7, 11) is 5.17. The molecule has 1 aromatic heterocycles. The lowest BCUT2D eigenvalue weighted by Crippen LogP contribution is -2.13. The summed E-state index contributed by atoms with van der Waals surface area (Å²) < 4.78 is 6.56. The number of H-pyrrole nitrogens is 1. The highest BCUT2D eigenvalue weighted by Gasteiger charge is 2.21. The summed E-state index contributed by atoms with van der Waals surface area (Å²) in [5.41, 5.74) is 4.67. The molecule has 0 spiro atoms. The molecule has 0 amide bonds. The number of ether oxygens (including phenoxy) is 1. The molecule has 0 saturated heterocycles. The van der Waals surface area contributed by atoms with Gasteiger partial charge in [-0.05, 0) is 12.1 Å². The van der Waals surface area contributed by atoms with Crippen molar-refractivity contribution in [1.29, 1.82) is 0 Å². The van der Waals surface area contributed by atoms with Crippen molar-refractivity contribution in [3.05, 3.63) is 50.9 Å². The molecule has 0 aliphatic carbocycles. The van der Waals surface area contributed by atoms with Gasteiger partial charge >= 0.3 is 0 Å². The molecule has 21 heavy (non-hydrogen) atoms. The molecule has 5 nitrogen and oxygen atoms in total. The summed E-state index contributed by atoms with van der Waals surface area (Å²) >= 11 is 1.63. The van der Waals surface area contributed by atoms with Crippen molar-refractivity contribution in [2.75, 3.05) is 19.1 Å². The highest BCUT2D eigenvalue weighted by atomic mass is 32.2. The summed E-state index contributed by atoms with van der Waals surface area (Å²) in [6.07, 6.45) is 1.67. The van der Waals surface area contributed by atoms with Crippen molar-refractivity contribution >= 4 is 23.5 Å². The molecule has 1 N–H and O–H groups in total. The van der Waals surface area contributed by atoms with Crippen LogP contribution >= 0.6 is 11.8 Å². The third-order valence-electron chi connectivity index (χ3n) is 3.33. The lowest BCUT2D eigenvalue weighted by atomic mass is 10.3. The number of anilines is 1. The Bertz CT molecular complexity index is 813. The molecule has 0 radical (unpaired) electrons. The summed E-state index contributed by atoms with van der Waals surface area (Å²) in [4.78, 5) is 15.2. The first-order valence-corrected chi connectivity index (χ1v) is 7.23. The summed E-state index contributed by atoms with van der Waals surface area (Å²) in [5.74, 6) is 0.443. The maximum absolute atomic E-state index is 12.0.